The molecule has 0 aliphatic heterocycles. The Kier molecular flexibility index (Phi) is 6.65. The molecule has 1 unspecified atom stereocenters. The summed E-state index contributed by atoms with van der Waals surface area (Å²) in [5.41, 5.74) is -0.239. The van der Waals surface area contributed by atoms with Gasteiger partial charge in [0.15, 0.2) is 0 Å². The number of sulfonamides is 1. The molecule has 0 aromatic heterocycles. The number of carbonyl (C=O) groups is 1. The van der Waals surface area contributed by atoms with Crippen molar-refractivity contribution in [2.75, 3.05) is 12.4 Å². The van der Waals surface area contributed by atoms with Crippen molar-refractivity contribution in [3.8, 4) is 5.75 Å². The molecule has 0 aliphatic rings. The van der Waals surface area contributed by atoms with Crippen molar-refractivity contribution in [3.63, 3.8) is 0 Å². The topological polar surface area (TPSA) is 128 Å². The van der Waals surface area contributed by atoms with Gasteiger partial charge >= 0.3 is 0 Å². The van der Waals surface area contributed by atoms with E-state index >= 15 is 0 Å². The number of nitrogens with zero attached hydrogens (tertiary/aromatic N) is 1. The lowest BCUT2D eigenvalue weighted by atomic mass is 10.2. The van der Waals surface area contributed by atoms with Gasteiger partial charge in [-0.2, -0.15) is 4.72 Å². The number of nitro benzene ring substituents is 1. The summed E-state index contributed by atoms with van der Waals surface area (Å²) in [4.78, 5) is 22.6. The second-order valence-electron chi connectivity index (χ2n) is 5.67. The molecule has 0 radical (unpaired) electrons. The summed E-state index contributed by atoms with van der Waals surface area (Å²) < 4.78 is 45.1. The number of nitrogens with one attached hydrogen (secondary N) is 2. The predicted molar refractivity (Wildman–Crippen MR) is 99.1 cm³/mol. The lowest BCUT2D eigenvalue weighted by Crippen LogP contribution is -2.43. The maximum absolute atomic E-state index is 13.0. The van der Waals surface area contributed by atoms with Crippen LogP contribution in [0.3, 0.4) is 0 Å². The average molecular weight is 411 g/mol. The molecule has 2 rings (SSSR count). The van der Waals surface area contributed by atoms with Crippen LogP contribution in [0.25, 0.3) is 0 Å². The van der Waals surface area contributed by atoms with Crippen molar-refractivity contribution >= 4 is 27.3 Å². The van der Waals surface area contributed by atoms with Gasteiger partial charge in [-0.05, 0) is 36.8 Å². The van der Waals surface area contributed by atoms with Gasteiger partial charge in [-0.15, -0.1) is 0 Å². The number of ether oxygens (including phenoxy) is 1. The van der Waals surface area contributed by atoms with Crippen LogP contribution < -0.4 is 14.8 Å². The van der Waals surface area contributed by atoms with Crippen LogP contribution in [0.1, 0.15) is 13.3 Å². The molecule has 9 nitrogen and oxygen atoms in total. The fraction of sp³-hybridized carbons (Fsp3) is 0.235. The number of carbonyl (C=O) groups excluding carboxylic acids is 1. The molecule has 1 amide bonds. The number of benzene rings is 2. The van der Waals surface area contributed by atoms with E-state index in [1.165, 1.54) is 19.2 Å². The number of anilines is 1. The van der Waals surface area contributed by atoms with E-state index in [1.54, 1.807) is 6.92 Å². The zero-order chi connectivity index (χ0) is 20.9. The van der Waals surface area contributed by atoms with E-state index in [0.717, 1.165) is 30.3 Å². The first kappa shape index (κ1) is 21.3. The van der Waals surface area contributed by atoms with E-state index in [-0.39, 0.29) is 28.4 Å². The zero-order valence-corrected chi connectivity index (χ0v) is 15.8. The molecule has 0 aliphatic carbocycles. The monoisotopic (exact) mass is 411 g/mol. The van der Waals surface area contributed by atoms with E-state index in [9.17, 15) is 27.7 Å². The van der Waals surface area contributed by atoms with Crippen LogP contribution in [0.4, 0.5) is 15.8 Å². The zero-order valence-electron chi connectivity index (χ0n) is 15.0. The minimum Gasteiger partial charge on any atom is -0.495 e. The summed E-state index contributed by atoms with van der Waals surface area (Å²) in [6.45, 7) is 1.59. The van der Waals surface area contributed by atoms with Gasteiger partial charge in [0.1, 0.15) is 17.6 Å². The minimum absolute atomic E-state index is 0.0288. The lowest BCUT2D eigenvalue weighted by molar-refractivity contribution is -0.384. The first-order valence-electron chi connectivity index (χ1n) is 8.09. The van der Waals surface area contributed by atoms with E-state index in [1.807, 2.05) is 0 Å². The average Bonchev–Trinajstić information content (AvgIpc) is 2.66. The van der Waals surface area contributed by atoms with Gasteiger partial charge in [0.25, 0.3) is 5.69 Å². The molecular weight excluding hydrogens is 393 g/mol. The molecule has 11 heteroatoms. The van der Waals surface area contributed by atoms with Crippen LogP contribution in [0.5, 0.6) is 5.75 Å². The summed E-state index contributed by atoms with van der Waals surface area (Å²) in [5.74, 6) is -1.15. The molecule has 150 valence electrons. The number of halogens is 1. The van der Waals surface area contributed by atoms with Crippen LogP contribution in [-0.4, -0.2) is 32.4 Å². The van der Waals surface area contributed by atoms with Crippen molar-refractivity contribution in [2.45, 2.75) is 24.3 Å². The number of methoxy groups -OCH3 is 1. The van der Waals surface area contributed by atoms with Gasteiger partial charge < -0.3 is 10.1 Å². The third-order valence-corrected chi connectivity index (χ3v) is 5.29. The largest absolute Gasteiger partial charge is 0.495 e. The third-order valence-electron chi connectivity index (χ3n) is 3.80. The third kappa shape index (κ3) is 5.02. The lowest BCUT2D eigenvalue weighted by Gasteiger charge is -2.18. The van der Waals surface area contributed by atoms with Crippen LogP contribution in [0.2, 0.25) is 0 Å². The van der Waals surface area contributed by atoms with Crippen molar-refractivity contribution < 1.29 is 27.3 Å². The van der Waals surface area contributed by atoms with Crippen LogP contribution in [0.15, 0.2) is 47.4 Å². The van der Waals surface area contributed by atoms with Gasteiger partial charge in [0.2, 0.25) is 15.9 Å². The Morgan fingerprint density at radius 3 is 2.43 bits per heavy atom. The number of non-ortho nitro benzene ring substituents is 1. The van der Waals surface area contributed by atoms with E-state index in [0.29, 0.717) is 0 Å². The summed E-state index contributed by atoms with van der Waals surface area (Å²) >= 11 is 0. The first-order valence-corrected chi connectivity index (χ1v) is 9.57. The van der Waals surface area contributed by atoms with Crippen LogP contribution >= 0.6 is 0 Å². The molecule has 0 bridgehead atoms. The molecule has 1 atom stereocenters. The summed E-state index contributed by atoms with van der Waals surface area (Å²) in [7, 11) is -2.76. The van der Waals surface area contributed by atoms with Crippen molar-refractivity contribution in [1.82, 2.24) is 4.72 Å². The Morgan fingerprint density at radius 1 is 1.25 bits per heavy atom. The molecule has 0 saturated carbocycles. The normalized spacial score (nSPS) is 12.2. The van der Waals surface area contributed by atoms with Gasteiger partial charge in [-0.3, -0.25) is 14.9 Å². The Balaban J connectivity index is 2.23. The SMILES string of the molecule is CCC(NS(=O)(=O)c1ccc(F)cc1)C(=O)Nc1cc([N+](=O)[O-])ccc1OC. The Morgan fingerprint density at radius 2 is 1.89 bits per heavy atom. The maximum atomic E-state index is 13.0. The van der Waals surface area contributed by atoms with Crippen LogP contribution in [-0.2, 0) is 14.8 Å². The molecule has 2 N–H and O–H groups in total. The molecule has 2 aromatic rings. The maximum Gasteiger partial charge on any atom is 0.271 e. The van der Waals surface area contributed by atoms with Gasteiger partial charge in [0, 0.05) is 12.1 Å². The highest BCUT2D eigenvalue weighted by atomic mass is 32.2. The fourth-order valence-corrected chi connectivity index (χ4v) is 3.60. The molecule has 0 spiro atoms. The highest BCUT2D eigenvalue weighted by Crippen LogP contribution is 2.29. The second-order valence-corrected chi connectivity index (χ2v) is 7.38. The minimum atomic E-state index is -4.08. The summed E-state index contributed by atoms with van der Waals surface area (Å²) in [5, 5.41) is 13.4. The van der Waals surface area contributed by atoms with Gasteiger partial charge in [-0.25, -0.2) is 12.8 Å². The molecule has 2 aromatic carbocycles. The Hall–Kier alpha value is -3.05. The Labute approximate surface area is 160 Å². The van der Waals surface area contributed by atoms with Crippen molar-refractivity contribution in [3.05, 3.63) is 58.4 Å². The molecular formula is C17H18FN3O6S. The predicted octanol–water partition coefficient (Wildman–Crippen LogP) is 2.44. The number of hydrogen-bond acceptors (Lipinski definition) is 6. The molecule has 0 saturated heterocycles. The van der Waals surface area contributed by atoms with Crippen molar-refractivity contribution in [1.29, 1.82) is 0 Å². The van der Waals surface area contributed by atoms with Gasteiger partial charge in [0.05, 0.1) is 22.6 Å². The number of hydrogen-bond donors (Lipinski definition) is 2. The highest BCUT2D eigenvalue weighted by Gasteiger charge is 2.25. The number of nitro groups is 1. The van der Waals surface area contributed by atoms with E-state index < -0.39 is 32.7 Å². The number of amides is 1. The van der Waals surface area contributed by atoms with E-state index in [2.05, 4.69) is 10.0 Å². The second kappa shape index (κ2) is 8.76. The summed E-state index contributed by atoms with van der Waals surface area (Å²) in [6, 6.07) is 6.60. The Bertz CT molecular complexity index is 979. The first-order chi connectivity index (χ1) is 13.2. The van der Waals surface area contributed by atoms with Gasteiger partial charge in [-0.1, -0.05) is 6.92 Å². The standard InChI is InChI=1S/C17H18FN3O6S/c1-3-14(20-28(25,26)13-7-4-11(18)5-8-13)17(22)19-15-10-12(21(23)24)6-9-16(15)27-2/h4-10,14,20H,3H2,1-2H3,(H,19,22). The number of rotatable bonds is 8. The van der Waals surface area contributed by atoms with Crippen LogP contribution in [0, 0.1) is 15.9 Å². The molecule has 0 heterocycles. The van der Waals surface area contributed by atoms with E-state index in [4.69, 9.17) is 4.74 Å². The quantitative estimate of drug-likeness (QED) is 0.507. The molecule has 28 heavy (non-hydrogen) atoms. The highest BCUT2D eigenvalue weighted by molar-refractivity contribution is 7.89. The summed E-state index contributed by atoms with van der Waals surface area (Å²) in [6.07, 6.45) is 0.101. The smallest absolute Gasteiger partial charge is 0.271 e. The van der Waals surface area contributed by atoms with Crippen molar-refractivity contribution in [2.24, 2.45) is 0 Å². The fourth-order valence-electron chi connectivity index (χ4n) is 2.32. The molecule has 0 fully saturated rings.